The summed E-state index contributed by atoms with van der Waals surface area (Å²) in [5, 5.41) is 0.558. The van der Waals surface area contributed by atoms with Crippen molar-refractivity contribution in [1.82, 2.24) is 4.31 Å². The highest BCUT2D eigenvalue weighted by Gasteiger charge is 2.36. The minimum absolute atomic E-state index is 0. The molecule has 0 bridgehead atoms. The fraction of sp³-hybridized carbons (Fsp3) is 0.538. The van der Waals surface area contributed by atoms with Gasteiger partial charge in [-0.25, -0.2) is 8.42 Å². The molecule has 2 rings (SSSR count). The molecule has 0 saturated carbocycles. The monoisotopic (exact) mass is 372 g/mol. The maximum atomic E-state index is 12.8. The smallest absolute Gasteiger partial charge is 0.244 e. The predicted octanol–water partition coefficient (Wildman–Crippen LogP) is 3.31. The third-order valence-electron chi connectivity index (χ3n) is 3.59. The molecule has 0 aromatic heterocycles. The summed E-state index contributed by atoms with van der Waals surface area (Å²) in [5.41, 5.74) is 5.93. The summed E-state index contributed by atoms with van der Waals surface area (Å²) in [6, 6.07) is 4.04. The van der Waals surface area contributed by atoms with Crippen LogP contribution in [0.5, 0.6) is 0 Å². The van der Waals surface area contributed by atoms with E-state index in [1.807, 2.05) is 6.92 Å². The number of halogens is 3. The van der Waals surface area contributed by atoms with Crippen LogP contribution in [-0.4, -0.2) is 31.4 Å². The lowest BCUT2D eigenvalue weighted by Gasteiger charge is -2.37. The highest BCUT2D eigenvalue weighted by Crippen LogP contribution is 2.31. The van der Waals surface area contributed by atoms with Gasteiger partial charge < -0.3 is 5.73 Å². The number of sulfonamides is 1. The molecule has 0 spiro atoms. The minimum atomic E-state index is -3.64. The zero-order valence-corrected chi connectivity index (χ0v) is 14.8. The lowest BCUT2D eigenvalue weighted by atomic mass is 10.00. The number of piperidine rings is 1. The van der Waals surface area contributed by atoms with Gasteiger partial charge in [0, 0.05) is 23.7 Å². The van der Waals surface area contributed by atoms with Gasteiger partial charge in [0.05, 0.1) is 5.02 Å². The molecule has 1 aromatic carbocycles. The number of hydrogen-bond donors (Lipinski definition) is 1. The van der Waals surface area contributed by atoms with E-state index in [-0.39, 0.29) is 34.4 Å². The number of nitrogens with zero attached hydrogens (tertiary/aromatic N) is 1. The molecule has 1 heterocycles. The van der Waals surface area contributed by atoms with Crippen molar-refractivity contribution in [3.05, 3.63) is 28.2 Å². The molecule has 1 aliphatic rings. The molecule has 120 valence electrons. The molecule has 4 nitrogen and oxygen atoms in total. The molecule has 0 aliphatic carbocycles. The van der Waals surface area contributed by atoms with Crippen LogP contribution in [-0.2, 0) is 10.0 Å². The Balaban J connectivity index is 0.00000220. The van der Waals surface area contributed by atoms with Crippen LogP contribution in [0.25, 0.3) is 0 Å². The van der Waals surface area contributed by atoms with Gasteiger partial charge in [-0.15, -0.1) is 12.4 Å². The summed E-state index contributed by atoms with van der Waals surface area (Å²) >= 11 is 11.9. The molecule has 1 saturated heterocycles. The summed E-state index contributed by atoms with van der Waals surface area (Å²) in [5.74, 6) is 0. The molecule has 1 fully saturated rings. The number of benzene rings is 1. The Morgan fingerprint density at radius 2 is 2.00 bits per heavy atom. The van der Waals surface area contributed by atoms with E-state index in [1.165, 1.54) is 22.5 Å². The summed E-state index contributed by atoms with van der Waals surface area (Å²) in [4.78, 5) is 0.0936. The van der Waals surface area contributed by atoms with Crippen molar-refractivity contribution in [2.75, 3.05) is 6.54 Å². The van der Waals surface area contributed by atoms with Crippen LogP contribution < -0.4 is 5.73 Å². The summed E-state index contributed by atoms with van der Waals surface area (Å²) in [7, 11) is -3.64. The van der Waals surface area contributed by atoms with Gasteiger partial charge >= 0.3 is 0 Å². The van der Waals surface area contributed by atoms with E-state index in [4.69, 9.17) is 28.9 Å². The Bertz CT molecular complexity index is 593. The van der Waals surface area contributed by atoms with Gasteiger partial charge in [0.2, 0.25) is 10.0 Å². The van der Waals surface area contributed by atoms with Crippen molar-refractivity contribution in [1.29, 1.82) is 0 Å². The van der Waals surface area contributed by atoms with Gasteiger partial charge in [0.1, 0.15) is 4.90 Å². The first kappa shape index (κ1) is 19.0. The fourth-order valence-electron chi connectivity index (χ4n) is 2.57. The Kier molecular flexibility index (Phi) is 6.78. The van der Waals surface area contributed by atoms with Crippen molar-refractivity contribution in [2.24, 2.45) is 5.73 Å². The van der Waals surface area contributed by atoms with E-state index in [2.05, 4.69) is 0 Å². The van der Waals surface area contributed by atoms with Gasteiger partial charge in [0.25, 0.3) is 0 Å². The van der Waals surface area contributed by atoms with Gasteiger partial charge in [0.15, 0.2) is 0 Å². The van der Waals surface area contributed by atoms with Gasteiger partial charge in [-0.05, 0) is 38.0 Å². The van der Waals surface area contributed by atoms with E-state index >= 15 is 0 Å². The normalized spacial score (nSPS) is 21.6. The highest BCUT2D eigenvalue weighted by atomic mass is 35.5. The Morgan fingerprint density at radius 1 is 1.33 bits per heavy atom. The molecule has 0 amide bonds. The molecule has 2 atom stereocenters. The first-order valence-corrected chi connectivity index (χ1v) is 8.76. The zero-order chi connectivity index (χ0) is 14.9. The van der Waals surface area contributed by atoms with Crippen LogP contribution in [0.4, 0.5) is 0 Å². The zero-order valence-electron chi connectivity index (χ0n) is 11.6. The maximum Gasteiger partial charge on any atom is 0.244 e. The summed E-state index contributed by atoms with van der Waals surface area (Å²) in [6.07, 6.45) is 2.61. The molecule has 2 N–H and O–H groups in total. The van der Waals surface area contributed by atoms with Crippen LogP contribution in [0.3, 0.4) is 0 Å². The Labute approximate surface area is 142 Å². The average Bonchev–Trinajstić information content (AvgIpc) is 2.38. The molecule has 21 heavy (non-hydrogen) atoms. The summed E-state index contributed by atoms with van der Waals surface area (Å²) in [6.45, 7) is 2.31. The molecule has 0 radical (unpaired) electrons. The van der Waals surface area contributed by atoms with Crippen molar-refractivity contribution >= 4 is 45.6 Å². The quantitative estimate of drug-likeness (QED) is 0.884. The van der Waals surface area contributed by atoms with Gasteiger partial charge in [-0.3, -0.25) is 0 Å². The van der Waals surface area contributed by atoms with E-state index < -0.39 is 10.0 Å². The van der Waals surface area contributed by atoms with Crippen molar-refractivity contribution in [3.63, 3.8) is 0 Å². The Hall–Kier alpha value is -0.0400. The van der Waals surface area contributed by atoms with Crippen molar-refractivity contribution in [3.8, 4) is 0 Å². The standard InChI is InChI=1S/C13H18Cl2N2O2S.ClH/c1-9(16)12-4-2-3-7-17(12)20(18,19)13-6-5-10(14)8-11(13)15;/h5-6,8-9,12H,2-4,7,16H2,1H3;1H. The van der Waals surface area contributed by atoms with Crippen LogP contribution in [0.2, 0.25) is 10.0 Å². The largest absolute Gasteiger partial charge is 0.326 e. The van der Waals surface area contributed by atoms with E-state index in [0.29, 0.717) is 11.6 Å². The molecule has 1 aromatic rings. The summed E-state index contributed by atoms with van der Waals surface area (Å²) < 4.78 is 27.0. The molecular weight excluding hydrogens is 355 g/mol. The lowest BCUT2D eigenvalue weighted by Crippen LogP contribution is -2.51. The SMILES string of the molecule is CC(N)C1CCCCN1S(=O)(=O)c1ccc(Cl)cc1Cl.Cl. The minimum Gasteiger partial charge on any atom is -0.326 e. The predicted molar refractivity (Wildman–Crippen MR) is 88.9 cm³/mol. The van der Waals surface area contributed by atoms with E-state index in [0.717, 1.165) is 19.3 Å². The van der Waals surface area contributed by atoms with Crippen LogP contribution in [0.15, 0.2) is 23.1 Å². The average molecular weight is 374 g/mol. The maximum absolute atomic E-state index is 12.8. The Morgan fingerprint density at radius 3 is 2.57 bits per heavy atom. The molecule has 1 aliphatic heterocycles. The van der Waals surface area contributed by atoms with Gasteiger partial charge in [-0.1, -0.05) is 29.6 Å². The topological polar surface area (TPSA) is 63.4 Å². The first-order chi connectivity index (χ1) is 9.34. The van der Waals surface area contributed by atoms with E-state index in [9.17, 15) is 8.42 Å². The van der Waals surface area contributed by atoms with Crippen molar-refractivity contribution < 1.29 is 8.42 Å². The van der Waals surface area contributed by atoms with Crippen LogP contribution >= 0.6 is 35.6 Å². The van der Waals surface area contributed by atoms with E-state index in [1.54, 1.807) is 0 Å². The van der Waals surface area contributed by atoms with Crippen LogP contribution in [0, 0.1) is 0 Å². The second-order valence-corrected chi connectivity index (χ2v) is 7.82. The molecule has 8 heteroatoms. The molecular formula is C13H19Cl3N2O2S. The third kappa shape index (κ3) is 4.03. The number of rotatable bonds is 3. The number of hydrogen-bond acceptors (Lipinski definition) is 3. The lowest BCUT2D eigenvalue weighted by molar-refractivity contribution is 0.227. The number of nitrogens with two attached hydrogens (primary N) is 1. The highest BCUT2D eigenvalue weighted by molar-refractivity contribution is 7.89. The second-order valence-electron chi connectivity index (χ2n) is 5.11. The van der Waals surface area contributed by atoms with Gasteiger partial charge in [-0.2, -0.15) is 4.31 Å². The van der Waals surface area contributed by atoms with Crippen molar-refractivity contribution in [2.45, 2.75) is 43.2 Å². The fourth-order valence-corrected chi connectivity index (χ4v) is 5.09. The third-order valence-corrected chi connectivity index (χ3v) is 6.23. The van der Waals surface area contributed by atoms with Crippen LogP contribution in [0.1, 0.15) is 26.2 Å². The molecule has 2 unspecified atom stereocenters. The first-order valence-electron chi connectivity index (χ1n) is 6.56. The second kappa shape index (κ2) is 7.49.